The molecule has 6 heteroatoms. The molecule has 0 unspecified atom stereocenters. The van der Waals surface area contributed by atoms with Crippen LogP contribution >= 0.6 is 15.9 Å². The second-order valence-electron chi connectivity index (χ2n) is 2.66. The van der Waals surface area contributed by atoms with Gasteiger partial charge in [-0.1, -0.05) is 0 Å². The van der Waals surface area contributed by atoms with Gasteiger partial charge in [-0.15, -0.1) is 0 Å². The van der Waals surface area contributed by atoms with Crippen molar-refractivity contribution in [3.63, 3.8) is 0 Å². The molecule has 0 saturated carbocycles. The number of halogens is 4. The molecule has 0 aliphatic rings. The Hall–Kier alpha value is -1.22. The molecule has 0 atom stereocenters. The van der Waals surface area contributed by atoms with E-state index >= 15 is 0 Å². The van der Waals surface area contributed by atoms with Crippen LogP contribution in [0.2, 0.25) is 0 Å². The van der Waals surface area contributed by atoms with Crippen molar-refractivity contribution in [3.8, 4) is 11.8 Å². The summed E-state index contributed by atoms with van der Waals surface area (Å²) in [5.41, 5.74) is 0.246. The summed E-state index contributed by atoms with van der Waals surface area (Å²) in [5, 5.41) is 8.54. The van der Waals surface area contributed by atoms with Gasteiger partial charge in [0.2, 0.25) is 0 Å². The predicted molar refractivity (Wildman–Crippen MR) is 50.4 cm³/mol. The Bertz CT molecular complexity index is 397. The van der Waals surface area contributed by atoms with E-state index in [-0.39, 0.29) is 11.3 Å². The quantitative estimate of drug-likeness (QED) is 0.833. The molecule has 1 aromatic carbocycles. The molecule has 0 aliphatic carbocycles. The highest BCUT2D eigenvalue weighted by atomic mass is 79.9. The highest BCUT2D eigenvalue weighted by Gasteiger charge is 2.28. The molecule has 80 valence electrons. The van der Waals surface area contributed by atoms with Gasteiger partial charge in [-0.25, -0.2) is 0 Å². The van der Waals surface area contributed by atoms with E-state index in [1.807, 2.05) is 6.07 Å². The molecule has 0 amide bonds. The van der Waals surface area contributed by atoms with Crippen molar-refractivity contribution in [2.75, 3.05) is 6.61 Å². The summed E-state index contributed by atoms with van der Waals surface area (Å²) in [6.45, 7) is -1.37. The third-order valence-corrected chi connectivity index (χ3v) is 2.11. The van der Waals surface area contributed by atoms with E-state index in [9.17, 15) is 13.2 Å². The van der Waals surface area contributed by atoms with E-state index in [1.165, 1.54) is 18.2 Å². The Morgan fingerprint density at radius 3 is 2.60 bits per heavy atom. The molecule has 2 nitrogen and oxygen atoms in total. The van der Waals surface area contributed by atoms with Crippen LogP contribution in [-0.2, 0) is 0 Å². The van der Waals surface area contributed by atoms with E-state index in [2.05, 4.69) is 20.7 Å². The third-order valence-electron chi connectivity index (χ3n) is 1.45. The van der Waals surface area contributed by atoms with E-state index in [0.29, 0.717) is 4.47 Å². The molecule has 0 bridgehead atoms. The van der Waals surface area contributed by atoms with Gasteiger partial charge in [-0.2, -0.15) is 18.4 Å². The highest BCUT2D eigenvalue weighted by Crippen LogP contribution is 2.27. The average molecular weight is 280 g/mol. The average Bonchev–Trinajstić information content (AvgIpc) is 2.15. The largest absolute Gasteiger partial charge is 0.483 e. The van der Waals surface area contributed by atoms with Gasteiger partial charge in [0.15, 0.2) is 6.61 Å². The van der Waals surface area contributed by atoms with Crippen LogP contribution in [0.5, 0.6) is 5.75 Å². The third kappa shape index (κ3) is 3.80. The van der Waals surface area contributed by atoms with Crippen LogP contribution in [0.4, 0.5) is 13.2 Å². The first kappa shape index (κ1) is 11.9. The summed E-state index contributed by atoms with van der Waals surface area (Å²) in [6.07, 6.45) is -4.39. The van der Waals surface area contributed by atoms with Crippen molar-refractivity contribution >= 4 is 15.9 Å². The number of nitriles is 1. The monoisotopic (exact) mass is 279 g/mol. The fourth-order valence-electron chi connectivity index (χ4n) is 0.843. The summed E-state index contributed by atoms with van der Waals surface area (Å²) in [6, 6.07) is 5.99. The zero-order chi connectivity index (χ0) is 11.5. The number of alkyl halides is 3. The van der Waals surface area contributed by atoms with E-state index < -0.39 is 12.8 Å². The fraction of sp³-hybridized carbons (Fsp3) is 0.222. The van der Waals surface area contributed by atoms with Crippen LogP contribution in [0.3, 0.4) is 0 Å². The molecule has 0 fully saturated rings. The van der Waals surface area contributed by atoms with Crippen molar-refractivity contribution < 1.29 is 17.9 Å². The molecule has 0 aliphatic heterocycles. The maximum atomic E-state index is 11.9. The Kier molecular flexibility index (Phi) is 3.58. The smallest absolute Gasteiger partial charge is 0.422 e. The molecule has 0 saturated heterocycles. The normalized spacial score (nSPS) is 10.9. The van der Waals surface area contributed by atoms with Crippen molar-refractivity contribution in [2.45, 2.75) is 6.18 Å². The zero-order valence-electron chi connectivity index (χ0n) is 7.31. The Morgan fingerprint density at radius 2 is 2.07 bits per heavy atom. The van der Waals surface area contributed by atoms with Crippen molar-refractivity contribution in [2.24, 2.45) is 0 Å². The molecule has 0 heterocycles. The van der Waals surface area contributed by atoms with E-state index in [1.54, 1.807) is 0 Å². The van der Waals surface area contributed by atoms with Crippen LogP contribution < -0.4 is 4.74 Å². The van der Waals surface area contributed by atoms with Gasteiger partial charge >= 0.3 is 6.18 Å². The number of hydrogen-bond acceptors (Lipinski definition) is 2. The van der Waals surface area contributed by atoms with Crippen LogP contribution in [-0.4, -0.2) is 12.8 Å². The van der Waals surface area contributed by atoms with Gasteiger partial charge in [0, 0.05) is 0 Å². The molecular weight excluding hydrogens is 275 g/mol. The van der Waals surface area contributed by atoms with Crippen LogP contribution in [0.25, 0.3) is 0 Å². The molecule has 0 aromatic heterocycles. The minimum absolute atomic E-state index is 0.00590. The summed E-state index contributed by atoms with van der Waals surface area (Å²) < 4.78 is 40.5. The van der Waals surface area contributed by atoms with Crippen molar-refractivity contribution in [1.82, 2.24) is 0 Å². The Labute approximate surface area is 92.4 Å². The first-order valence-electron chi connectivity index (χ1n) is 3.81. The zero-order valence-corrected chi connectivity index (χ0v) is 8.89. The maximum absolute atomic E-state index is 11.9. The summed E-state index contributed by atoms with van der Waals surface area (Å²) in [4.78, 5) is 0. The number of nitrogens with zero attached hydrogens (tertiary/aromatic N) is 1. The molecule has 1 rings (SSSR count). The van der Waals surface area contributed by atoms with E-state index in [0.717, 1.165) is 0 Å². The second-order valence-corrected chi connectivity index (χ2v) is 3.52. The molecule has 15 heavy (non-hydrogen) atoms. The Balaban J connectivity index is 2.81. The summed E-state index contributed by atoms with van der Waals surface area (Å²) in [5.74, 6) is 0.00590. The second kappa shape index (κ2) is 4.53. The lowest BCUT2D eigenvalue weighted by Gasteiger charge is -2.10. The number of rotatable bonds is 2. The van der Waals surface area contributed by atoms with Gasteiger partial charge in [0.05, 0.1) is 16.1 Å². The van der Waals surface area contributed by atoms with Gasteiger partial charge in [0.1, 0.15) is 5.75 Å². The molecule has 1 aromatic rings. The van der Waals surface area contributed by atoms with Crippen LogP contribution in [0.1, 0.15) is 5.56 Å². The molecule has 0 N–H and O–H groups in total. The van der Waals surface area contributed by atoms with Gasteiger partial charge in [-0.05, 0) is 34.1 Å². The standard InChI is InChI=1S/C9H5BrF3NO/c10-7-2-1-6(4-14)3-8(7)15-5-9(11,12)13/h1-3H,5H2. The minimum atomic E-state index is -4.39. The minimum Gasteiger partial charge on any atom is -0.483 e. The van der Waals surface area contributed by atoms with E-state index in [4.69, 9.17) is 5.26 Å². The van der Waals surface area contributed by atoms with Gasteiger partial charge in [-0.3, -0.25) is 0 Å². The molecule has 0 radical (unpaired) electrons. The highest BCUT2D eigenvalue weighted by molar-refractivity contribution is 9.10. The maximum Gasteiger partial charge on any atom is 0.422 e. The lowest BCUT2D eigenvalue weighted by molar-refractivity contribution is -0.153. The fourth-order valence-corrected chi connectivity index (χ4v) is 1.20. The number of hydrogen-bond donors (Lipinski definition) is 0. The van der Waals surface area contributed by atoms with Crippen LogP contribution in [0.15, 0.2) is 22.7 Å². The lowest BCUT2D eigenvalue weighted by atomic mass is 10.2. The SMILES string of the molecule is N#Cc1ccc(Br)c(OCC(F)(F)F)c1. The van der Waals surface area contributed by atoms with Gasteiger partial charge in [0.25, 0.3) is 0 Å². The van der Waals surface area contributed by atoms with Crippen molar-refractivity contribution in [3.05, 3.63) is 28.2 Å². The first-order chi connectivity index (χ1) is 6.92. The predicted octanol–water partition coefficient (Wildman–Crippen LogP) is 3.26. The topological polar surface area (TPSA) is 33.0 Å². The molecular formula is C9H5BrF3NO. The van der Waals surface area contributed by atoms with Crippen LogP contribution in [0, 0.1) is 11.3 Å². The van der Waals surface area contributed by atoms with Gasteiger partial charge < -0.3 is 4.74 Å². The number of benzene rings is 1. The summed E-state index contributed by atoms with van der Waals surface area (Å²) >= 11 is 3.03. The van der Waals surface area contributed by atoms with Crippen molar-refractivity contribution in [1.29, 1.82) is 5.26 Å². The molecule has 0 spiro atoms. The first-order valence-corrected chi connectivity index (χ1v) is 4.61. The Morgan fingerprint density at radius 1 is 1.40 bits per heavy atom. The number of ether oxygens (including phenoxy) is 1. The lowest BCUT2D eigenvalue weighted by Crippen LogP contribution is -2.19. The summed E-state index contributed by atoms with van der Waals surface area (Å²) in [7, 11) is 0.